The van der Waals surface area contributed by atoms with E-state index in [-0.39, 0.29) is 6.61 Å². The zero-order valence-corrected chi connectivity index (χ0v) is 18.1. The van der Waals surface area contributed by atoms with Gasteiger partial charge in [0.1, 0.15) is 17.3 Å². The summed E-state index contributed by atoms with van der Waals surface area (Å²) in [5, 5.41) is 13.0. The summed E-state index contributed by atoms with van der Waals surface area (Å²) in [6.07, 6.45) is -2.27. The fourth-order valence-electron chi connectivity index (χ4n) is 2.28. The monoisotopic (exact) mass is 409 g/mol. The van der Waals surface area contributed by atoms with E-state index in [0.717, 1.165) is 0 Å². The van der Waals surface area contributed by atoms with Crippen molar-refractivity contribution in [1.82, 2.24) is 5.32 Å². The smallest absolute Gasteiger partial charge is 0.408 e. The Morgan fingerprint density at radius 3 is 1.93 bits per heavy atom. The summed E-state index contributed by atoms with van der Waals surface area (Å²) in [5.74, 6) is -1.31. The third kappa shape index (κ3) is 8.51. The number of esters is 2. The molecule has 8 heteroatoms. The standard InChI is InChI=1S/C21H31NO7/c1-8-27-18(25)15(22-19(26)29-21(5,6)7)16(23)13-9-11-14(12-10-13)17(24)28-20(2,3)4/h9-12,15-16,23H,8H2,1-7H3,(H,22,26). The van der Waals surface area contributed by atoms with Crippen molar-refractivity contribution in [3.05, 3.63) is 35.4 Å². The van der Waals surface area contributed by atoms with Crippen molar-refractivity contribution < 1.29 is 33.7 Å². The highest BCUT2D eigenvalue weighted by Gasteiger charge is 2.33. The lowest BCUT2D eigenvalue weighted by molar-refractivity contribution is -0.148. The number of aliphatic hydroxyl groups is 1. The number of carbonyl (C=O) groups is 3. The second kappa shape index (κ2) is 9.73. The van der Waals surface area contributed by atoms with Crippen molar-refractivity contribution in [3.63, 3.8) is 0 Å². The Kier molecular flexibility index (Phi) is 8.20. The van der Waals surface area contributed by atoms with Gasteiger partial charge in [-0.15, -0.1) is 0 Å². The van der Waals surface area contributed by atoms with Crippen molar-refractivity contribution in [1.29, 1.82) is 0 Å². The molecule has 1 amide bonds. The number of hydrogen-bond acceptors (Lipinski definition) is 7. The zero-order chi connectivity index (χ0) is 22.4. The van der Waals surface area contributed by atoms with Gasteiger partial charge in [0.15, 0.2) is 6.04 Å². The summed E-state index contributed by atoms with van der Waals surface area (Å²) < 4.78 is 15.4. The quantitative estimate of drug-likeness (QED) is 0.548. The van der Waals surface area contributed by atoms with Crippen molar-refractivity contribution in [3.8, 4) is 0 Å². The highest BCUT2D eigenvalue weighted by Crippen LogP contribution is 2.21. The van der Waals surface area contributed by atoms with Crippen LogP contribution in [0.5, 0.6) is 0 Å². The summed E-state index contributed by atoms with van der Waals surface area (Å²) >= 11 is 0. The molecule has 0 spiro atoms. The van der Waals surface area contributed by atoms with Crippen LogP contribution in [0.2, 0.25) is 0 Å². The Balaban J connectivity index is 3.00. The van der Waals surface area contributed by atoms with Crippen LogP contribution in [0.15, 0.2) is 24.3 Å². The molecule has 0 aliphatic carbocycles. The van der Waals surface area contributed by atoms with Gasteiger partial charge in [0.05, 0.1) is 12.2 Å². The summed E-state index contributed by atoms with van der Waals surface area (Å²) in [6.45, 7) is 12.0. The van der Waals surface area contributed by atoms with Crippen LogP contribution in [0.25, 0.3) is 0 Å². The van der Waals surface area contributed by atoms with Gasteiger partial charge in [0.25, 0.3) is 0 Å². The molecular weight excluding hydrogens is 378 g/mol. The van der Waals surface area contributed by atoms with E-state index in [9.17, 15) is 19.5 Å². The third-order valence-electron chi connectivity index (χ3n) is 3.42. The second-order valence-electron chi connectivity index (χ2n) is 8.44. The van der Waals surface area contributed by atoms with Crippen LogP contribution >= 0.6 is 0 Å². The Bertz CT molecular complexity index is 714. The maximum absolute atomic E-state index is 12.3. The third-order valence-corrected chi connectivity index (χ3v) is 3.42. The average Bonchev–Trinajstić information content (AvgIpc) is 2.56. The van der Waals surface area contributed by atoms with Gasteiger partial charge in [-0.1, -0.05) is 12.1 Å². The minimum absolute atomic E-state index is 0.0790. The van der Waals surface area contributed by atoms with E-state index >= 15 is 0 Å². The van der Waals surface area contributed by atoms with Crippen LogP contribution in [0.4, 0.5) is 4.79 Å². The van der Waals surface area contributed by atoms with E-state index in [1.807, 2.05) is 0 Å². The van der Waals surface area contributed by atoms with Crippen LogP contribution in [0, 0.1) is 0 Å². The zero-order valence-electron chi connectivity index (χ0n) is 18.1. The molecule has 2 atom stereocenters. The number of ether oxygens (including phenoxy) is 3. The molecule has 2 unspecified atom stereocenters. The lowest BCUT2D eigenvalue weighted by Crippen LogP contribution is -2.47. The van der Waals surface area contributed by atoms with Crippen LogP contribution in [-0.4, -0.2) is 47.0 Å². The molecule has 0 saturated heterocycles. The van der Waals surface area contributed by atoms with Crippen molar-refractivity contribution in [2.75, 3.05) is 6.61 Å². The number of nitrogens with one attached hydrogen (secondary N) is 1. The Morgan fingerprint density at radius 1 is 0.966 bits per heavy atom. The second-order valence-corrected chi connectivity index (χ2v) is 8.44. The van der Waals surface area contributed by atoms with Gasteiger partial charge in [-0.05, 0) is 66.2 Å². The summed E-state index contributed by atoms with van der Waals surface area (Å²) in [5.41, 5.74) is -0.805. The topological polar surface area (TPSA) is 111 Å². The molecule has 0 bridgehead atoms. The molecule has 1 rings (SSSR count). The van der Waals surface area contributed by atoms with Gasteiger partial charge in [0, 0.05) is 0 Å². The lowest BCUT2D eigenvalue weighted by Gasteiger charge is -2.25. The van der Waals surface area contributed by atoms with Crippen molar-refractivity contribution in [2.24, 2.45) is 0 Å². The predicted molar refractivity (Wildman–Crippen MR) is 106 cm³/mol. The van der Waals surface area contributed by atoms with Crippen molar-refractivity contribution in [2.45, 2.75) is 71.8 Å². The molecule has 1 aromatic carbocycles. The van der Waals surface area contributed by atoms with E-state index in [1.165, 1.54) is 24.3 Å². The van der Waals surface area contributed by atoms with E-state index in [4.69, 9.17) is 14.2 Å². The molecule has 1 aromatic rings. The fraction of sp³-hybridized carbons (Fsp3) is 0.571. The van der Waals surface area contributed by atoms with E-state index in [1.54, 1.807) is 48.5 Å². The first-order valence-electron chi connectivity index (χ1n) is 9.41. The molecule has 29 heavy (non-hydrogen) atoms. The first kappa shape index (κ1) is 24.4. The highest BCUT2D eigenvalue weighted by molar-refractivity contribution is 5.89. The first-order valence-corrected chi connectivity index (χ1v) is 9.41. The van der Waals surface area contributed by atoms with Gasteiger partial charge in [-0.25, -0.2) is 14.4 Å². The molecule has 0 aliphatic rings. The average molecular weight is 409 g/mol. The molecular formula is C21H31NO7. The number of alkyl carbamates (subject to hydrolysis) is 1. The number of rotatable bonds is 6. The molecule has 0 aliphatic heterocycles. The van der Waals surface area contributed by atoms with Crippen LogP contribution < -0.4 is 5.32 Å². The normalized spacial score (nSPS) is 13.8. The Labute approximate surface area is 171 Å². The maximum Gasteiger partial charge on any atom is 0.408 e. The maximum atomic E-state index is 12.3. The Morgan fingerprint density at radius 2 is 1.48 bits per heavy atom. The SMILES string of the molecule is CCOC(=O)C(NC(=O)OC(C)(C)C)C(O)c1ccc(C(=O)OC(C)(C)C)cc1. The number of amides is 1. The summed E-state index contributed by atoms with van der Waals surface area (Å²) in [7, 11) is 0. The van der Waals surface area contributed by atoms with Gasteiger partial charge in [0.2, 0.25) is 0 Å². The molecule has 0 heterocycles. The molecule has 2 N–H and O–H groups in total. The largest absolute Gasteiger partial charge is 0.464 e. The van der Waals surface area contributed by atoms with E-state index < -0.39 is 41.4 Å². The van der Waals surface area contributed by atoms with E-state index in [2.05, 4.69) is 5.32 Å². The lowest BCUT2D eigenvalue weighted by atomic mass is 10.0. The minimum Gasteiger partial charge on any atom is -0.464 e. The number of aliphatic hydroxyl groups excluding tert-OH is 1. The number of hydrogen-bond donors (Lipinski definition) is 2. The summed E-state index contributed by atoms with van der Waals surface area (Å²) in [4.78, 5) is 36.5. The van der Waals surface area contributed by atoms with Crippen LogP contribution in [0.1, 0.15) is 70.5 Å². The van der Waals surface area contributed by atoms with Crippen LogP contribution in [0.3, 0.4) is 0 Å². The highest BCUT2D eigenvalue weighted by atomic mass is 16.6. The molecule has 0 aromatic heterocycles. The van der Waals surface area contributed by atoms with Gasteiger partial charge in [-0.2, -0.15) is 0 Å². The molecule has 0 fully saturated rings. The molecule has 8 nitrogen and oxygen atoms in total. The van der Waals surface area contributed by atoms with Crippen molar-refractivity contribution >= 4 is 18.0 Å². The summed E-state index contributed by atoms with van der Waals surface area (Å²) in [6, 6.07) is 4.53. The van der Waals surface area contributed by atoms with E-state index in [0.29, 0.717) is 11.1 Å². The predicted octanol–water partition coefficient (Wildman–Crippen LogP) is 3.13. The van der Waals surface area contributed by atoms with Gasteiger partial charge >= 0.3 is 18.0 Å². The van der Waals surface area contributed by atoms with Gasteiger partial charge < -0.3 is 24.6 Å². The molecule has 0 radical (unpaired) electrons. The van der Waals surface area contributed by atoms with Crippen LogP contribution in [-0.2, 0) is 19.0 Å². The number of carbonyl (C=O) groups excluding carboxylic acids is 3. The Hall–Kier alpha value is -2.61. The fourth-order valence-corrected chi connectivity index (χ4v) is 2.28. The molecule has 162 valence electrons. The minimum atomic E-state index is -1.41. The first-order chi connectivity index (χ1) is 13.2. The molecule has 0 saturated carbocycles. The van der Waals surface area contributed by atoms with Gasteiger partial charge in [-0.3, -0.25) is 0 Å². The number of benzene rings is 1.